The molecule has 1 fully saturated rings. The van der Waals surface area contributed by atoms with Crippen molar-refractivity contribution in [2.24, 2.45) is 5.92 Å². The number of carbonyl (C=O) groups excluding carboxylic acids is 1. The van der Waals surface area contributed by atoms with Crippen molar-refractivity contribution in [3.8, 4) is 11.5 Å². The van der Waals surface area contributed by atoms with Gasteiger partial charge in [-0.3, -0.25) is 4.79 Å². The molecule has 0 radical (unpaired) electrons. The number of amides is 1. The summed E-state index contributed by atoms with van der Waals surface area (Å²) in [5, 5.41) is 2.50. The van der Waals surface area contributed by atoms with Crippen LogP contribution in [0.3, 0.4) is 0 Å². The number of piperidine rings is 1. The van der Waals surface area contributed by atoms with Gasteiger partial charge in [-0.2, -0.15) is 17.5 Å². The molecule has 0 aromatic heterocycles. The first kappa shape index (κ1) is 23.9. The Labute approximate surface area is 184 Å². The minimum Gasteiger partial charge on any atom is -0.493 e. The van der Waals surface area contributed by atoms with Crippen molar-refractivity contribution < 1.29 is 35.9 Å². The average molecular weight is 472 g/mol. The third-order valence-corrected chi connectivity index (χ3v) is 7.17. The van der Waals surface area contributed by atoms with Crippen LogP contribution in [-0.4, -0.2) is 45.9 Å². The molecule has 2 aromatic carbocycles. The number of benzene rings is 2. The van der Waals surface area contributed by atoms with E-state index in [0.717, 1.165) is 12.1 Å². The maximum atomic E-state index is 13.0. The Hall–Kier alpha value is -2.79. The first-order valence-corrected chi connectivity index (χ1v) is 11.2. The average Bonchev–Trinajstić information content (AvgIpc) is 2.78. The number of methoxy groups -OCH3 is 2. The number of sulfonamides is 1. The number of ether oxygens (including phenoxy) is 2. The zero-order valence-electron chi connectivity index (χ0n) is 17.5. The summed E-state index contributed by atoms with van der Waals surface area (Å²) in [4.78, 5) is 12.6. The molecular formula is C21H23F3N2O5S. The normalized spacial score (nSPS) is 15.9. The van der Waals surface area contributed by atoms with E-state index in [9.17, 15) is 26.4 Å². The molecule has 1 heterocycles. The lowest BCUT2D eigenvalue weighted by Crippen LogP contribution is -2.41. The smallest absolute Gasteiger partial charge is 0.416 e. The minimum absolute atomic E-state index is 0.0435. The van der Waals surface area contributed by atoms with E-state index in [-0.39, 0.29) is 42.3 Å². The van der Waals surface area contributed by atoms with E-state index in [1.807, 2.05) is 0 Å². The standard InChI is InChI=1S/C21H23F3N2O5S/c1-30-18-7-6-17(13-19(18)31-2)32(28,29)26-10-8-14(9-11-26)20(27)25-16-5-3-4-15(12-16)21(22,23)24/h3-7,12-14H,8-11H2,1-2H3,(H,25,27). The molecule has 0 unspecified atom stereocenters. The first-order valence-electron chi connectivity index (χ1n) is 9.76. The Morgan fingerprint density at radius 3 is 2.28 bits per heavy atom. The highest BCUT2D eigenvalue weighted by Gasteiger charge is 2.33. The maximum absolute atomic E-state index is 13.0. The van der Waals surface area contributed by atoms with E-state index < -0.39 is 33.6 Å². The third-order valence-electron chi connectivity index (χ3n) is 5.27. The molecular weight excluding hydrogens is 449 g/mol. The van der Waals surface area contributed by atoms with Crippen LogP contribution in [0.5, 0.6) is 11.5 Å². The summed E-state index contributed by atoms with van der Waals surface area (Å²) < 4.78 is 76.1. The molecule has 0 bridgehead atoms. The number of alkyl halides is 3. The van der Waals surface area contributed by atoms with Crippen molar-refractivity contribution >= 4 is 21.6 Å². The van der Waals surface area contributed by atoms with Gasteiger partial charge in [-0.1, -0.05) is 6.07 Å². The lowest BCUT2D eigenvalue weighted by Gasteiger charge is -2.30. The number of nitrogens with zero attached hydrogens (tertiary/aromatic N) is 1. The van der Waals surface area contributed by atoms with Crippen molar-refractivity contribution in [2.75, 3.05) is 32.6 Å². The molecule has 1 N–H and O–H groups in total. The lowest BCUT2D eigenvalue weighted by atomic mass is 9.97. The van der Waals surface area contributed by atoms with Gasteiger partial charge in [-0.15, -0.1) is 0 Å². The van der Waals surface area contributed by atoms with Gasteiger partial charge in [-0.25, -0.2) is 8.42 Å². The van der Waals surface area contributed by atoms with Crippen LogP contribution >= 0.6 is 0 Å². The SMILES string of the molecule is COc1ccc(S(=O)(=O)N2CCC(C(=O)Nc3cccc(C(F)(F)F)c3)CC2)cc1OC. The van der Waals surface area contributed by atoms with Crippen LogP contribution in [-0.2, 0) is 21.0 Å². The molecule has 0 spiro atoms. The number of hydrogen-bond acceptors (Lipinski definition) is 5. The Balaban J connectivity index is 1.65. The van der Waals surface area contributed by atoms with Crippen molar-refractivity contribution in [2.45, 2.75) is 23.9 Å². The summed E-state index contributed by atoms with van der Waals surface area (Å²) in [5.74, 6) is -0.269. The van der Waals surface area contributed by atoms with Gasteiger partial charge in [0.2, 0.25) is 15.9 Å². The number of anilines is 1. The van der Waals surface area contributed by atoms with Crippen LogP contribution in [0.4, 0.5) is 18.9 Å². The van der Waals surface area contributed by atoms with Crippen LogP contribution in [0.2, 0.25) is 0 Å². The topological polar surface area (TPSA) is 84.9 Å². The second-order valence-corrected chi connectivity index (χ2v) is 9.20. The van der Waals surface area contributed by atoms with E-state index in [1.165, 1.54) is 48.9 Å². The molecule has 0 atom stereocenters. The van der Waals surface area contributed by atoms with Gasteiger partial charge in [0.15, 0.2) is 11.5 Å². The Bertz CT molecular complexity index is 1080. The molecule has 32 heavy (non-hydrogen) atoms. The molecule has 0 aliphatic carbocycles. The quantitative estimate of drug-likeness (QED) is 0.692. The van der Waals surface area contributed by atoms with Gasteiger partial charge in [0.1, 0.15) is 0 Å². The van der Waals surface area contributed by atoms with Crippen LogP contribution < -0.4 is 14.8 Å². The number of nitrogens with one attached hydrogen (secondary N) is 1. The largest absolute Gasteiger partial charge is 0.493 e. The summed E-state index contributed by atoms with van der Waals surface area (Å²) in [5.41, 5.74) is -0.809. The fourth-order valence-electron chi connectivity index (χ4n) is 3.50. The fourth-order valence-corrected chi connectivity index (χ4v) is 4.99. The van der Waals surface area contributed by atoms with E-state index in [4.69, 9.17) is 9.47 Å². The Kier molecular flexibility index (Phi) is 6.99. The van der Waals surface area contributed by atoms with E-state index in [1.54, 1.807) is 0 Å². The molecule has 1 aliphatic heterocycles. The van der Waals surface area contributed by atoms with Crippen LogP contribution in [0.15, 0.2) is 47.4 Å². The predicted octanol–water partition coefficient (Wildman–Crippen LogP) is 3.76. The fraction of sp³-hybridized carbons (Fsp3) is 0.381. The highest BCUT2D eigenvalue weighted by molar-refractivity contribution is 7.89. The summed E-state index contributed by atoms with van der Waals surface area (Å²) in [7, 11) is -0.957. The van der Waals surface area contributed by atoms with Crippen molar-refractivity contribution in [1.82, 2.24) is 4.31 Å². The molecule has 11 heteroatoms. The molecule has 7 nitrogen and oxygen atoms in total. The van der Waals surface area contributed by atoms with Crippen molar-refractivity contribution in [3.05, 3.63) is 48.0 Å². The van der Waals surface area contributed by atoms with Crippen LogP contribution in [0, 0.1) is 5.92 Å². The molecule has 0 saturated carbocycles. The molecule has 174 valence electrons. The monoisotopic (exact) mass is 472 g/mol. The van der Waals surface area contributed by atoms with Gasteiger partial charge >= 0.3 is 6.18 Å². The first-order chi connectivity index (χ1) is 15.1. The number of carbonyl (C=O) groups is 1. The zero-order valence-corrected chi connectivity index (χ0v) is 18.3. The van der Waals surface area contributed by atoms with E-state index >= 15 is 0 Å². The highest BCUT2D eigenvalue weighted by Crippen LogP contribution is 2.33. The van der Waals surface area contributed by atoms with Gasteiger partial charge < -0.3 is 14.8 Å². The number of rotatable bonds is 6. The summed E-state index contributed by atoms with van der Waals surface area (Å²) in [6.07, 6.45) is -4.01. The highest BCUT2D eigenvalue weighted by atomic mass is 32.2. The second-order valence-electron chi connectivity index (χ2n) is 7.26. The summed E-state index contributed by atoms with van der Waals surface area (Å²) >= 11 is 0. The Morgan fingerprint density at radius 1 is 1.03 bits per heavy atom. The number of hydrogen-bond donors (Lipinski definition) is 1. The zero-order chi connectivity index (χ0) is 23.5. The third kappa shape index (κ3) is 5.16. The van der Waals surface area contributed by atoms with Gasteiger partial charge in [0, 0.05) is 30.8 Å². The Morgan fingerprint density at radius 2 is 1.69 bits per heavy atom. The van der Waals surface area contributed by atoms with Crippen LogP contribution in [0.25, 0.3) is 0 Å². The van der Waals surface area contributed by atoms with Gasteiger partial charge in [0.05, 0.1) is 24.7 Å². The number of halogens is 3. The molecule has 1 aliphatic rings. The van der Waals surface area contributed by atoms with Crippen molar-refractivity contribution in [1.29, 1.82) is 0 Å². The van der Waals surface area contributed by atoms with E-state index in [2.05, 4.69) is 5.32 Å². The van der Waals surface area contributed by atoms with E-state index in [0.29, 0.717) is 5.75 Å². The molecule has 2 aromatic rings. The van der Waals surface area contributed by atoms with Crippen molar-refractivity contribution in [3.63, 3.8) is 0 Å². The summed E-state index contributed by atoms with van der Waals surface area (Å²) in [6, 6.07) is 8.69. The molecule has 3 rings (SSSR count). The maximum Gasteiger partial charge on any atom is 0.416 e. The minimum atomic E-state index is -4.51. The molecule has 1 amide bonds. The van der Waals surface area contributed by atoms with Gasteiger partial charge in [-0.05, 0) is 43.2 Å². The van der Waals surface area contributed by atoms with Crippen LogP contribution in [0.1, 0.15) is 18.4 Å². The second kappa shape index (κ2) is 9.37. The summed E-state index contributed by atoms with van der Waals surface area (Å²) in [6.45, 7) is 0.217. The lowest BCUT2D eigenvalue weighted by molar-refractivity contribution is -0.137. The molecule has 1 saturated heterocycles. The van der Waals surface area contributed by atoms with Gasteiger partial charge in [0.25, 0.3) is 0 Å². The predicted molar refractivity (Wildman–Crippen MR) is 111 cm³/mol.